The van der Waals surface area contributed by atoms with E-state index in [9.17, 15) is 4.79 Å². The minimum absolute atomic E-state index is 0.0783. The van der Waals surface area contributed by atoms with Gasteiger partial charge in [-0.25, -0.2) is 0 Å². The van der Waals surface area contributed by atoms with E-state index in [1.165, 1.54) is 6.92 Å². The zero-order valence-corrected chi connectivity index (χ0v) is 8.58. The Morgan fingerprint density at radius 1 is 1.40 bits per heavy atom. The normalized spacial score (nSPS) is 14.7. The smallest absolute Gasteiger partial charge is 0.221 e. The molecule has 1 N–H and O–H groups in total. The lowest BCUT2D eigenvalue weighted by molar-refractivity contribution is -0.114. The SMILES string of the molecule is CC(=O)Nc1ccc2c(c1)COCCO2. The standard InChI is InChI=1S/C11H13NO3/c1-8(13)12-10-2-3-11-9(6-10)7-14-4-5-15-11/h2-3,6H,4-5,7H2,1H3,(H,12,13). The second-order valence-corrected chi connectivity index (χ2v) is 3.40. The number of anilines is 1. The predicted molar refractivity (Wildman–Crippen MR) is 55.9 cm³/mol. The largest absolute Gasteiger partial charge is 0.491 e. The van der Waals surface area contributed by atoms with Crippen LogP contribution in [0.4, 0.5) is 5.69 Å². The van der Waals surface area contributed by atoms with E-state index in [0.29, 0.717) is 19.8 Å². The lowest BCUT2D eigenvalue weighted by Gasteiger charge is -2.08. The number of hydrogen-bond donors (Lipinski definition) is 1. The Morgan fingerprint density at radius 3 is 3.07 bits per heavy atom. The average Bonchev–Trinajstić information content (AvgIpc) is 2.41. The molecule has 0 atom stereocenters. The first-order chi connectivity index (χ1) is 7.25. The van der Waals surface area contributed by atoms with Crippen LogP contribution in [0.15, 0.2) is 18.2 Å². The van der Waals surface area contributed by atoms with Crippen LogP contribution in [-0.2, 0) is 16.1 Å². The minimum atomic E-state index is -0.0783. The van der Waals surface area contributed by atoms with Crippen molar-refractivity contribution >= 4 is 11.6 Å². The van der Waals surface area contributed by atoms with Crippen LogP contribution in [0, 0.1) is 0 Å². The van der Waals surface area contributed by atoms with E-state index in [1.54, 1.807) is 0 Å². The van der Waals surface area contributed by atoms with Gasteiger partial charge in [-0.05, 0) is 18.2 Å². The Hall–Kier alpha value is -1.55. The molecular formula is C11H13NO3. The highest BCUT2D eigenvalue weighted by molar-refractivity contribution is 5.88. The number of rotatable bonds is 1. The quantitative estimate of drug-likeness (QED) is 0.760. The maximum absolute atomic E-state index is 10.9. The third kappa shape index (κ3) is 2.47. The summed E-state index contributed by atoms with van der Waals surface area (Å²) in [4.78, 5) is 10.9. The first-order valence-corrected chi connectivity index (χ1v) is 4.87. The van der Waals surface area contributed by atoms with Crippen LogP contribution in [0.5, 0.6) is 5.75 Å². The molecule has 0 saturated heterocycles. The number of fused-ring (bicyclic) bond motifs is 1. The van der Waals surface area contributed by atoms with Crippen molar-refractivity contribution in [3.8, 4) is 5.75 Å². The molecule has 1 aromatic rings. The van der Waals surface area contributed by atoms with Gasteiger partial charge >= 0.3 is 0 Å². The summed E-state index contributed by atoms with van der Waals surface area (Å²) in [6.07, 6.45) is 0. The molecule has 0 radical (unpaired) electrons. The molecule has 0 unspecified atom stereocenters. The lowest BCUT2D eigenvalue weighted by Crippen LogP contribution is -2.06. The first-order valence-electron chi connectivity index (χ1n) is 4.87. The molecule has 0 aromatic heterocycles. The highest BCUT2D eigenvalue weighted by atomic mass is 16.5. The summed E-state index contributed by atoms with van der Waals surface area (Å²) in [6.45, 7) is 3.19. The maximum atomic E-state index is 10.9. The van der Waals surface area contributed by atoms with E-state index < -0.39 is 0 Å². The number of benzene rings is 1. The number of carbonyl (C=O) groups is 1. The van der Waals surface area contributed by atoms with Gasteiger partial charge in [-0.2, -0.15) is 0 Å². The van der Waals surface area contributed by atoms with Crippen molar-refractivity contribution in [1.82, 2.24) is 0 Å². The summed E-state index contributed by atoms with van der Waals surface area (Å²) in [5, 5.41) is 2.73. The molecule has 1 aromatic carbocycles. The van der Waals surface area contributed by atoms with Gasteiger partial charge in [0.1, 0.15) is 12.4 Å². The Labute approximate surface area is 88.2 Å². The van der Waals surface area contributed by atoms with Crippen LogP contribution in [0.25, 0.3) is 0 Å². The number of carbonyl (C=O) groups excluding carboxylic acids is 1. The van der Waals surface area contributed by atoms with Gasteiger partial charge in [-0.15, -0.1) is 0 Å². The van der Waals surface area contributed by atoms with Gasteiger partial charge in [0.05, 0.1) is 13.2 Å². The monoisotopic (exact) mass is 207 g/mol. The van der Waals surface area contributed by atoms with E-state index in [0.717, 1.165) is 17.0 Å². The first kappa shape index (κ1) is 9.98. The predicted octanol–water partition coefficient (Wildman–Crippen LogP) is 1.55. The van der Waals surface area contributed by atoms with E-state index in [1.807, 2.05) is 18.2 Å². The van der Waals surface area contributed by atoms with Gasteiger partial charge in [0.2, 0.25) is 5.91 Å². The molecule has 4 nitrogen and oxygen atoms in total. The highest BCUT2D eigenvalue weighted by Crippen LogP contribution is 2.25. The summed E-state index contributed by atoms with van der Waals surface area (Å²) >= 11 is 0. The lowest BCUT2D eigenvalue weighted by atomic mass is 10.2. The molecule has 0 spiro atoms. The van der Waals surface area contributed by atoms with Crippen LogP contribution in [-0.4, -0.2) is 19.1 Å². The van der Waals surface area contributed by atoms with Crippen LogP contribution < -0.4 is 10.1 Å². The van der Waals surface area contributed by atoms with Gasteiger partial charge < -0.3 is 14.8 Å². The van der Waals surface area contributed by atoms with E-state index >= 15 is 0 Å². The molecule has 80 valence electrons. The molecule has 1 aliphatic heterocycles. The minimum Gasteiger partial charge on any atom is -0.491 e. The van der Waals surface area contributed by atoms with Crippen LogP contribution in [0.3, 0.4) is 0 Å². The fraction of sp³-hybridized carbons (Fsp3) is 0.364. The number of ether oxygens (including phenoxy) is 2. The molecule has 1 aliphatic rings. The second kappa shape index (κ2) is 4.31. The summed E-state index contributed by atoms with van der Waals surface area (Å²) < 4.78 is 10.8. The van der Waals surface area contributed by atoms with Gasteiger partial charge in [0.15, 0.2) is 0 Å². The number of nitrogens with one attached hydrogen (secondary N) is 1. The van der Waals surface area contributed by atoms with E-state index in [2.05, 4.69) is 5.32 Å². The third-order valence-electron chi connectivity index (χ3n) is 2.12. The van der Waals surface area contributed by atoms with Gasteiger partial charge in [0, 0.05) is 18.2 Å². The van der Waals surface area contributed by atoms with Crippen LogP contribution >= 0.6 is 0 Å². The zero-order chi connectivity index (χ0) is 10.7. The molecular weight excluding hydrogens is 194 g/mol. The van der Waals surface area contributed by atoms with Crippen molar-refractivity contribution in [3.05, 3.63) is 23.8 Å². The molecule has 0 aliphatic carbocycles. The maximum Gasteiger partial charge on any atom is 0.221 e. The van der Waals surface area contributed by atoms with Crippen molar-refractivity contribution < 1.29 is 14.3 Å². The Morgan fingerprint density at radius 2 is 2.27 bits per heavy atom. The van der Waals surface area contributed by atoms with Crippen molar-refractivity contribution in [2.75, 3.05) is 18.5 Å². The summed E-state index contributed by atoms with van der Waals surface area (Å²) in [5.41, 5.74) is 1.74. The van der Waals surface area contributed by atoms with Crippen molar-refractivity contribution in [3.63, 3.8) is 0 Å². The number of amides is 1. The van der Waals surface area contributed by atoms with Crippen molar-refractivity contribution in [2.45, 2.75) is 13.5 Å². The Balaban J connectivity index is 2.23. The Kier molecular flexibility index (Phi) is 2.87. The molecule has 1 heterocycles. The zero-order valence-electron chi connectivity index (χ0n) is 8.58. The van der Waals surface area contributed by atoms with Crippen LogP contribution in [0.2, 0.25) is 0 Å². The molecule has 0 saturated carbocycles. The van der Waals surface area contributed by atoms with Gasteiger partial charge in [-0.1, -0.05) is 0 Å². The van der Waals surface area contributed by atoms with Gasteiger partial charge in [-0.3, -0.25) is 4.79 Å². The molecule has 0 fully saturated rings. The molecule has 0 bridgehead atoms. The third-order valence-corrected chi connectivity index (χ3v) is 2.12. The summed E-state index contributed by atoms with van der Waals surface area (Å²) in [7, 11) is 0. The van der Waals surface area contributed by atoms with Gasteiger partial charge in [0.25, 0.3) is 0 Å². The molecule has 2 rings (SSSR count). The average molecular weight is 207 g/mol. The summed E-state index contributed by atoms with van der Waals surface area (Å²) in [5.74, 6) is 0.756. The fourth-order valence-electron chi connectivity index (χ4n) is 1.51. The van der Waals surface area contributed by atoms with Crippen molar-refractivity contribution in [2.24, 2.45) is 0 Å². The molecule has 4 heteroatoms. The Bertz CT molecular complexity index is 376. The van der Waals surface area contributed by atoms with Crippen molar-refractivity contribution in [1.29, 1.82) is 0 Å². The topological polar surface area (TPSA) is 47.6 Å². The van der Waals surface area contributed by atoms with E-state index in [4.69, 9.17) is 9.47 Å². The highest BCUT2D eigenvalue weighted by Gasteiger charge is 2.09. The number of hydrogen-bond acceptors (Lipinski definition) is 3. The fourth-order valence-corrected chi connectivity index (χ4v) is 1.51. The summed E-state index contributed by atoms with van der Waals surface area (Å²) in [6, 6.07) is 5.56. The van der Waals surface area contributed by atoms with Crippen LogP contribution in [0.1, 0.15) is 12.5 Å². The molecule has 15 heavy (non-hydrogen) atoms. The second-order valence-electron chi connectivity index (χ2n) is 3.40. The molecule has 1 amide bonds. The van der Waals surface area contributed by atoms with E-state index in [-0.39, 0.29) is 5.91 Å².